The molecule has 3 heterocycles. The molecule has 1 aromatic carbocycles. The number of aliphatic hydroxyl groups excluding tert-OH is 1. The zero-order valence-corrected chi connectivity index (χ0v) is 19.4. The minimum absolute atomic E-state index is 0.0228. The molecule has 11 nitrogen and oxygen atoms in total. The summed E-state index contributed by atoms with van der Waals surface area (Å²) in [6.45, 7) is 0.221. The number of hydrogen-bond donors (Lipinski definition) is 2. The van der Waals surface area contributed by atoms with Gasteiger partial charge in [0.05, 0.1) is 12.4 Å². The molecule has 1 saturated heterocycles. The summed E-state index contributed by atoms with van der Waals surface area (Å²) in [6, 6.07) is 4.69. The summed E-state index contributed by atoms with van der Waals surface area (Å²) < 4.78 is 42.7. The third kappa shape index (κ3) is 4.01. The Bertz CT molecular complexity index is 1260. The van der Waals surface area contributed by atoms with Crippen molar-refractivity contribution < 1.29 is 27.5 Å². The number of aryl methyl sites for hydroxylation is 1. The molecule has 2 unspecified atom stereocenters. The van der Waals surface area contributed by atoms with Crippen LogP contribution >= 0.6 is 0 Å². The van der Waals surface area contributed by atoms with Crippen LogP contribution in [-0.2, 0) is 33.2 Å². The molecule has 1 aromatic heterocycles. The molecule has 13 heteroatoms. The van der Waals surface area contributed by atoms with E-state index in [2.05, 4.69) is 4.98 Å². The summed E-state index contributed by atoms with van der Waals surface area (Å²) in [4.78, 5) is 32.0. The number of nitrogens with two attached hydrogens (primary N) is 1. The second kappa shape index (κ2) is 8.72. The maximum absolute atomic E-state index is 13.4. The predicted octanol–water partition coefficient (Wildman–Crippen LogP) is 0.268. The molecule has 0 saturated carbocycles. The van der Waals surface area contributed by atoms with Gasteiger partial charge >= 0.3 is 0 Å². The van der Waals surface area contributed by atoms with Gasteiger partial charge in [-0.25, -0.2) is 17.8 Å². The van der Waals surface area contributed by atoms with Gasteiger partial charge in [-0.05, 0) is 30.5 Å². The van der Waals surface area contributed by atoms with Gasteiger partial charge < -0.3 is 25.2 Å². The first-order chi connectivity index (χ1) is 16.0. The van der Waals surface area contributed by atoms with Gasteiger partial charge in [0.2, 0.25) is 5.76 Å². The molecule has 0 radical (unpaired) electrons. The number of imidazole rings is 1. The van der Waals surface area contributed by atoms with Crippen LogP contribution in [0, 0.1) is 5.82 Å². The van der Waals surface area contributed by atoms with E-state index in [0.717, 1.165) is 4.31 Å². The summed E-state index contributed by atoms with van der Waals surface area (Å²) in [5, 5.41) is 10.4. The Morgan fingerprint density at radius 3 is 2.59 bits per heavy atom. The first-order valence-corrected chi connectivity index (χ1v) is 12.0. The minimum Gasteiger partial charge on any atom is -0.501 e. The second-order valence-electron chi connectivity index (χ2n) is 8.34. The number of rotatable bonds is 6. The number of sulfonamides is 1. The van der Waals surface area contributed by atoms with Crippen molar-refractivity contribution in [3.63, 3.8) is 0 Å². The minimum atomic E-state index is -4.05. The first-order valence-electron chi connectivity index (χ1n) is 10.5. The maximum Gasteiger partial charge on any atom is 0.292 e. The number of aliphatic hydroxyl groups is 1. The molecule has 34 heavy (non-hydrogen) atoms. The summed E-state index contributed by atoms with van der Waals surface area (Å²) in [5.74, 6) is -3.10. The number of aromatic nitrogens is 2. The van der Waals surface area contributed by atoms with Crippen LogP contribution in [0.1, 0.15) is 18.4 Å². The summed E-state index contributed by atoms with van der Waals surface area (Å²) in [6.07, 6.45) is 2.65. The Labute approximate surface area is 195 Å². The lowest BCUT2D eigenvalue weighted by Crippen LogP contribution is -2.67. The number of piperidine rings is 1. The summed E-state index contributed by atoms with van der Waals surface area (Å²) in [5.41, 5.74) is 5.70. The fourth-order valence-electron chi connectivity index (χ4n) is 4.50. The van der Waals surface area contributed by atoms with E-state index in [1.165, 1.54) is 58.2 Å². The van der Waals surface area contributed by atoms with Crippen molar-refractivity contribution >= 4 is 21.8 Å². The molecular weight excluding hydrogens is 467 g/mol. The van der Waals surface area contributed by atoms with Gasteiger partial charge in [-0.2, -0.15) is 4.31 Å². The highest BCUT2D eigenvalue weighted by molar-refractivity contribution is 7.89. The molecule has 3 N–H and O–H groups in total. The van der Waals surface area contributed by atoms with Gasteiger partial charge in [-0.3, -0.25) is 9.59 Å². The van der Waals surface area contributed by atoms with E-state index in [1.54, 1.807) is 7.05 Å². The summed E-state index contributed by atoms with van der Waals surface area (Å²) in [7, 11) is -1.01. The van der Waals surface area contributed by atoms with Gasteiger partial charge in [0.15, 0.2) is 10.7 Å². The largest absolute Gasteiger partial charge is 0.501 e. The van der Waals surface area contributed by atoms with E-state index in [9.17, 15) is 27.5 Å². The van der Waals surface area contributed by atoms with Crippen molar-refractivity contribution in [1.82, 2.24) is 23.7 Å². The first kappa shape index (κ1) is 23.7. The maximum atomic E-state index is 13.4. The highest BCUT2D eigenvalue weighted by Crippen LogP contribution is 2.35. The van der Waals surface area contributed by atoms with Crippen molar-refractivity contribution in [3.8, 4) is 0 Å². The van der Waals surface area contributed by atoms with Crippen LogP contribution < -0.4 is 5.73 Å². The van der Waals surface area contributed by atoms with Gasteiger partial charge in [0, 0.05) is 33.4 Å². The molecule has 4 rings (SSSR count). The van der Waals surface area contributed by atoms with E-state index in [-0.39, 0.29) is 18.1 Å². The van der Waals surface area contributed by atoms with Crippen molar-refractivity contribution in [1.29, 1.82) is 0 Å². The third-order valence-corrected chi connectivity index (χ3v) is 7.92. The van der Waals surface area contributed by atoms with Crippen molar-refractivity contribution in [2.75, 3.05) is 13.6 Å². The number of hydrogen-bond acceptors (Lipinski definition) is 7. The van der Waals surface area contributed by atoms with E-state index < -0.39 is 51.3 Å². The standard InChI is InChI=1S/C21H25FN6O5S/c1-25-11-16(24-12-25)34(32,33)26(2)15-4-3-9-27-20(15)28(10-13-5-7-14(22)8-6-13)17(19(23)30)18(29)21(27)31/h5-8,11-12,15,20,29H,3-4,9-10H2,1-2H3,(H2,23,30). The predicted molar refractivity (Wildman–Crippen MR) is 117 cm³/mol. The quantitative estimate of drug-likeness (QED) is 0.589. The Kier molecular flexibility index (Phi) is 6.08. The van der Waals surface area contributed by atoms with Gasteiger partial charge in [-0.1, -0.05) is 12.1 Å². The number of fused-ring (bicyclic) bond motifs is 1. The van der Waals surface area contributed by atoms with E-state index >= 15 is 0 Å². The molecule has 2 atom stereocenters. The van der Waals surface area contributed by atoms with Crippen LogP contribution in [0.15, 0.2) is 53.3 Å². The van der Waals surface area contributed by atoms with E-state index in [0.29, 0.717) is 18.4 Å². The number of carbonyl (C=O) groups is 2. The lowest BCUT2D eigenvalue weighted by atomic mass is 9.96. The second-order valence-corrected chi connectivity index (χ2v) is 10.3. The number of amides is 2. The topological polar surface area (TPSA) is 142 Å². The Morgan fingerprint density at radius 2 is 2.00 bits per heavy atom. The summed E-state index contributed by atoms with van der Waals surface area (Å²) >= 11 is 0. The Morgan fingerprint density at radius 1 is 1.32 bits per heavy atom. The smallest absolute Gasteiger partial charge is 0.292 e. The van der Waals surface area contributed by atoms with Crippen LogP contribution in [0.4, 0.5) is 4.39 Å². The number of nitrogens with zero attached hydrogens (tertiary/aromatic N) is 5. The Balaban J connectivity index is 1.80. The zero-order valence-electron chi connectivity index (χ0n) is 18.6. The lowest BCUT2D eigenvalue weighted by Gasteiger charge is -2.52. The van der Waals surface area contributed by atoms with E-state index in [1.807, 2.05) is 0 Å². The average molecular weight is 493 g/mol. The normalized spacial score (nSPS) is 21.2. The molecule has 1 fully saturated rings. The number of primary amides is 1. The molecule has 2 aliphatic heterocycles. The molecule has 2 aromatic rings. The van der Waals surface area contributed by atoms with Crippen LogP contribution in [0.25, 0.3) is 0 Å². The van der Waals surface area contributed by atoms with Gasteiger partial charge in [0.25, 0.3) is 21.8 Å². The fraction of sp³-hybridized carbons (Fsp3) is 0.381. The zero-order chi connectivity index (χ0) is 24.8. The van der Waals surface area contributed by atoms with Crippen molar-refractivity contribution in [2.24, 2.45) is 12.8 Å². The monoisotopic (exact) mass is 492 g/mol. The third-order valence-electron chi connectivity index (χ3n) is 6.15. The molecule has 0 bridgehead atoms. The molecular formula is C21H25FN6O5S. The number of halogens is 1. The van der Waals surface area contributed by atoms with Crippen LogP contribution in [0.2, 0.25) is 0 Å². The molecule has 2 amide bonds. The lowest BCUT2D eigenvalue weighted by molar-refractivity contribution is -0.147. The van der Waals surface area contributed by atoms with Crippen LogP contribution in [0.3, 0.4) is 0 Å². The van der Waals surface area contributed by atoms with Gasteiger partial charge in [-0.15, -0.1) is 0 Å². The average Bonchev–Trinajstić information content (AvgIpc) is 3.24. The van der Waals surface area contributed by atoms with Crippen molar-refractivity contribution in [2.45, 2.75) is 36.6 Å². The van der Waals surface area contributed by atoms with Crippen LogP contribution in [0.5, 0.6) is 0 Å². The number of likely N-dealkylation sites (N-methyl/N-ethyl adjacent to an activating group) is 1. The van der Waals surface area contributed by atoms with Crippen LogP contribution in [-0.4, -0.2) is 74.8 Å². The highest BCUT2D eigenvalue weighted by Gasteiger charge is 2.50. The fourth-order valence-corrected chi connectivity index (χ4v) is 5.84. The SMILES string of the molecule is CN(C1CCCN2C(=O)C(O)=C(C(N)=O)N(Cc3ccc(F)cc3)C12)S(=O)(=O)c1cn(C)cn1. The molecule has 182 valence electrons. The number of benzene rings is 1. The molecule has 2 aliphatic rings. The molecule has 0 aliphatic carbocycles. The van der Waals surface area contributed by atoms with E-state index in [4.69, 9.17) is 5.73 Å². The highest BCUT2D eigenvalue weighted by atomic mass is 32.2. The van der Waals surface area contributed by atoms with Gasteiger partial charge in [0.1, 0.15) is 12.0 Å². The molecule has 0 spiro atoms. The number of carbonyl (C=O) groups excluding carboxylic acids is 2. The Hall–Kier alpha value is -3.45. The van der Waals surface area contributed by atoms with Crippen molar-refractivity contribution in [3.05, 3.63) is 59.6 Å².